The second kappa shape index (κ2) is 9.82. The fourth-order valence-corrected chi connectivity index (χ4v) is 3.70. The van der Waals surface area contributed by atoms with Crippen LogP contribution in [0.25, 0.3) is 16.7 Å². The van der Waals surface area contributed by atoms with Gasteiger partial charge < -0.3 is 10.1 Å². The van der Waals surface area contributed by atoms with Crippen LogP contribution in [0.5, 0.6) is 5.75 Å². The van der Waals surface area contributed by atoms with Crippen molar-refractivity contribution >= 4 is 33.9 Å². The van der Waals surface area contributed by atoms with Crippen molar-refractivity contribution in [3.05, 3.63) is 96.4 Å². The third kappa shape index (κ3) is 4.24. The molecule has 174 valence electrons. The van der Waals surface area contributed by atoms with Gasteiger partial charge in [0.15, 0.2) is 11.6 Å². The third-order valence-corrected chi connectivity index (χ3v) is 5.30. The van der Waals surface area contributed by atoms with Gasteiger partial charge in [-0.2, -0.15) is 15.0 Å². The lowest BCUT2D eigenvalue weighted by atomic mass is 10.0. The molecule has 0 atom stereocenters. The van der Waals surface area contributed by atoms with Gasteiger partial charge in [-0.1, -0.05) is 42.5 Å². The number of hydrogen-bond acceptors (Lipinski definition) is 8. The first-order valence-corrected chi connectivity index (χ1v) is 10.8. The molecule has 1 N–H and O–H groups in total. The van der Waals surface area contributed by atoms with Gasteiger partial charge in [-0.25, -0.2) is 9.97 Å². The zero-order chi connectivity index (χ0) is 24.9. The summed E-state index contributed by atoms with van der Waals surface area (Å²) in [5.41, 5.74) is 1.45. The highest BCUT2D eigenvalue weighted by atomic mass is 16.5. The predicted molar refractivity (Wildman–Crippen MR) is 133 cm³/mol. The van der Waals surface area contributed by atoms with Gasteiger partial charge in [-0.15, -0.1) is 10.2 Å². The smallest absolute Gasteiger partial charge is 0.260 e. The highest BCUT2D eigenvalue weighted by Crippen LogP contribution is 2.39. The summed E-state index contributed by atoms with van der Waals surface area (Å²) in [6.45, 7) is 0. The monoisotopic (exact) mass is 474 g/mol. The van der Waals surface area contributed by atoms with Crippen LogP contribution in [-0.4, -0.2) is 32.8 Å². The summed E-state index contributed by atoms with van der Waals surface area (Å²) in [5, 5.41) is 26.8. The number of azo groups is 1. The Morgan fingerprint density at radius 1 is 1.03 bits per heavy atom. The fourth-order valence-electron chi connectivity index (χ4n) is 3.70. The number of fused-ring (bicyclic) bond motifs is 1. The van der Waals surface area contributed by atoms with Crippen molar-refractivity contribution in [2.24, 2.45) is 10.2 Å². The molecule has 0 bridgehead atoms. The van der Waals surface area contributed by atoms with Crippen molar-refractivity contribution in [1.29, 1.82) is 5.26 Å². The number of hydrogen-bond donors (Lipinski definition) is 1. The van der Waals surface area contributed by atoms with E-state index in [9.17, 15) is 10.1 Å². The number of aromatic nitrogens is 4. The highest BCUT2D eigenvalue weighted by Gasteiger charge is 2.21. The molecule has 5 rings (SSSR count). The topological polar surface area (TPSA) is 130 Å². The number of methoxy groups -OCH3 is 1. The number of ether oxygens (including phenoxy) is 1. The lowest BCUT2D eigenvalue weighted by Crippen LogP contribution is -2.14. The number of benzene rings is 3. The number of nitrogens with one attached hydrogen (secondary N) is 1. The first-order valence-electron chi connectivity index (χ1n) is 10.8. The summed E-state index contributed by atoms with van der Waals surface area (Å²) >= 11 is 0. The van der Waals surface area contributed by atoms with E-state index in [0.717, 1.165) is 5.39 Å². The van der Waals surface area contributed by atoms with Gasteiger partial charge in [-0.05, 0) is 35.0 Å². The van der Waals surface area contributed by atoms with Gasteiger partial charge in [0.1, 0.15) is 17.3 Å². The number of amides is 1. The van der Waals surface area contributed by atoms with Crippen molar-refractivity contribution in [3.8, 4) is 17.8 Å². The van der Waals surface area contributed by atoms with Crippen LogP contribution in [0.4, 0.5) is 17.2 Å². The molecule has 10 heteroatoms. The Morgan fingerprint density at radius 2 is 1.78 bits per heavy atom. The molecule has 0 saturated carbocycles. The summed E-state index contributed by atoms with van der Waals surface area (Å²) in [7, 11) is 1.46. The van der Waals surface area contributed by atoms with Gasteiger partial charge in [-0.3, -0.25) is 4.79 Å². The Morgan fingerprint density at radius 3 is 2.53 bits per heavy atom. The molecule has 0 saturated heterocycles. The van der Waals surface area contributed by atoms with E-state index in [-0.39, 0.29) is 29.0 Å². The van der Waals surface area contributed by atoms with E-state index in [0.29, 0.717) is 22.3 Å². The Labute approximate surface area is 205 Å². The summed E-state index contributed by atoms with van der Waals surface area (Å²) < 4.78 is 6.98. The van der Waals surface area contributed by atoms with Crippen molar-refractivity contribution in [1.82, 2.24) is 19.7 Å². The molecule has 2 heterocycles. The van der Waals surface area contributed by atoms with Crippen LogP contribution in [0.15, 0.2) is 95.5 Å². The van der Waals surface area contributed by atoms with E-state index >= 15 is 0 Å². The van der Waals surface area contributed by atoms with Gasteiger partial charge in [0, 0.05) is 18.1 Å². The van der Waals surface area contributed by atoms with E-state index in [1.165, 1.54) is 18.0 Å². The average molecular weight is 474 g/mol. The SMILES string of the molecule is COc1c(N=Nc2c(C#N)cnn2-c2ncccn2)cc2ccccc2c1C(=O)Nc1ccccc1. The second-order valence-electron chi connectivity index (χ2n) is 7.50. The fraction of sp³-hybridized carbons (Fsp3) is 0.0385. The summed E-state index contributed by atoms with van der Waals surface area (Å²) in [4.78, 5) is 21.7. The Balaban J connectivity index is 1.63. The molecule has 5 aromatic rings. The standard InChI is InChI=1S/C26H18N8O2/c1-36-23-21(32-33-24-18(15-27)16-30-34(24)26-28-12-7-13-29-26)14-17-8-5-6-11-20(17)22(23)25(35)31-19-9-3-2-4-10-19/h2-14,16H,1H3,(H,31,35). The third-order valence-electron chi connectivity index (χ3n) is 5.30. The zero-order valence-electron chi connectivity index (χ0n) is 19.0. The van der Waals surface area contributed by atoms with Crippen LogP contribution in [0.1, 0.15) is 15.9 Å². The number of nitriles is 1. The Kier molecular flexibility index (Phi) is 6.10. The number of para-hydroxylation sites is 1. The number of carbonyl (C=O) groups excluding carboxylic acids is 1. The van der Waals surface area contributed by atoms with Crippen molar-refractivity contribution in [2.75, 3.05) is 12.4 Å². The Hall–Kier alpha value is -5.43. The Bertz CT molecular complexity index is 1620. The lowest BCUT2D eigenvalue weighted by molar-refractivity contribution is 0.102. The number of anilines is 1. The molecular weight excluding hydrogens is 456 g/mol. The van der Waals surface area contributed by atoms with Crippen LogP contribution in [0, 0.1) is 11.3 Å². The molecule has 2 aromatic heterocycles. The molecule has 0 fully saturated rings. The molecule has 3 aromatic carbocycles. The van der Waals surface area contributed by atoms with Crippen LogP contribution in [0.2, 0.25) is 0 Å². The van der Waals surface area contributed by atoms with Gasteiger partial charge in [0.2, 0.25) is 0 Å². The number of rotatable bonds is 6. The molecule has 10 nitrogen and oxygen atoms in total. The van der Waals surface area contributed by atoms with Crippen LogP contribution < -0.4 is 10.1 Å². The molecular formula is C26H18N8O2. The predicted octanol–water partition coefficient (Wildman–Crippen LogP) is 5.36. The lowest BCUT2D eigenvalue weighted by Gasteiger charge is -2.14. The molecule has 0 spiro atoms. The minimum atomic E-state index is -0.355. The quantitative estimate of drug-likeness (QED) is 0.330. The second-order valence-corrected chi connectivity index (χ2v) is 7.50. The zero-order valence-corrected chi connectivity index (χ0v) is 19.0. The van der Waals surface area contributed by atoms with Crippen molar-refractivity contribution < 1.29 is 9.53 Å². The van der Waals surface area contributed by atoms with E-state index in [1.54, 1.807) is 36.7 Å². The summed E-state index contributed by atoms with van der Waals surface area (Å²) in [6, 6.07) is 22.0. The maximum absolute atomic E-state index is 13.4. The largest absolute Gasteiger partial charge is 0.494 e. The highest BCUT2D eigenvalue weighted by molar-refractivity contribution is 6.16. The van der Waals surface area contributed by atoms with E-state index < -0.39 is 0 Å². The summed E-state index contributed by atoms with van der Waals surface area (Å²) in [6.07, 6.45) is 4.48. The maximum Gasteiger partial charge on any atom is 0.260 e. The molecule has 0 aliphatic rings. The van der Waals surface area contributed by atoms with E-state index in [4.69, 9.17) is 4.74 Å². The molecule has 0 unspecified atom stereocenters. The number of nitrogens with zero attached hydrogens (tertiary/aromatic N) is 7. The van der Waals surface area contributed by atoms with Crippen LogP contribution >= 0.6 is 0 Å². The summed E-state index contributed by atoms with van der Waals surface area (Å²) in [5.74, 6) is 0.272. The van der Waals surface area contributed by atoms with Crippen molar-refractivity contribution in [3.63, 3.8) is 0 Å². The van der Waals surface area contributed by atoms with Gasteiger partial charge in [0.25, 0.3) is 11.9 Å². The van der Waals surface area contributed by atoms with Crippen LogP contribution in [-0.2, 0) is 0 Å². The molecule has 36 heavy (non-hydrogen) atoms. The molecule has 0 aliphatic carbocycles. The van der Waals surface area contributed by atoms with E-state index in [1.807, 2.05) is 48.5 Å². The minimum Gasteiger partial charge on any atom is -0.494 e. The van der Waals surface area contributed by atoms with Crippen LogP contribution in [0.3, 0.4) is 0 Å². The minimum absolute atomic E-state index is 0.147. The molecule has 0 radical (unpaired) electrons. The normalized spacial score (nSPS) is 10.9. The van der Waals surface area contributed by atoms with Crippen molar-refractivity contribution in [2.45, 2.75) is 0 Å². The first kappa shape index (κ1) is 22.4. The average Bonchev–Trinajstić information content (AvgIpc) is 3.34. The van der Waals surface area contributed by atoms with E-state index in [2.05, 4.69) is 30.6 Å². The first-order chi connectivity index (χ1) is 17.7. The molecule has 0 aliphatic heterocycles. The number of carbonyl (C=O) groups is 1. The van der Waals surface area contributed by atoms with Gasteiger partial charge in [0.05, 0.1) is 18.9 Å². The van der Waals surface area contributed by atoms with Gasteiger partial charge >= 0.3 is 0 Å². The molecule has 1 amide bonds. The maximum atomic E-state index is 13.4.